The highest BCUT2D eigenvalue weighted by Gasteiger charge is 2.40. The van der Waals surface area contributed by atoms with Gasteiger partial charge in [-0.3, -0.25) is 0 Å². The summed E-state index contributed by atoms with van der Waals surface area (Å²) in [6.07, 6.45) is 6.81. The molecule has 0 atom stereocenters. The predicted molar refractivity (Wildman–Crippen MR) is 72.3 cm³/mol. The molecule has 1 heterocycles. The van der Waals surface area contributed by atoms with Crippen molar-refractivity contribution in [2.45, 2.75) is 44.9 Å². The second-order valence-electron chi connectivity index (χ2n) is 5.97. The molecule has 2 fully saturated rings. The Morgan fingerprint density at radius 1 is 1.12 bits per heavy atom. The van der Waals surface area contributed by atoms with Crippen LogP contribution in [-0.2, 0) is 6.42 Å². The first-order valence-electron chi connectivity index (χ1n) is 7.11. The van der Waals surface area contributed by atoms with Crippen LogP contribution >= 0.6 is 0 Å². The maximum Gasteiger partial charge on any atom is 0.00202 e. The highest BCUT2D eigenvalue weighted by Crippen LogP contribution is 2.45. The first kappa shape index (κ1) is 11.3. The maximum absolute atomic E-state index is 3.44. The SMILES string of the molecule is CCc1ccc(C2CCC3(CC2)CNC3)cc1. The highest BCUT2D eigenvalue weighted by molar-refractivity contribution is 5.26. The minimum absolute atomic E-state index is 0.694. The zero-order chi connectivity index (χ0) is 11.7. The second-order valence-corrected chi connectivity index (χ2v) is 5.97. The quantitative estimate of drug-likeness (QED) is 0.818. The molecule has 1 aromatic carbocycles. The number of aryl methyl sites for hydroxylation is 1. The molecule has 1 aromatic rings. The molecule has 2 aliphatic rings. The molecule has 1 saturated heterocycles. The van der Waals surface area contributed by atoms with E-state index in [4.69, 9.17) is 0 Å². The Bertz CT molecular complexity index is 365. The Balaban J connectivity index is 1.65. The van der Waals surface area contributed by atoms with E-state index in [0.29, 0.717) is 5.41 Å². The van der Waals surface area contributed by atoms with E-state index in [2.05, 4.69) is 36.5 Å². The van der Waals surface area contributed by atoms with Gasteiger partial charge in [0.1, 0.15) is 0 Å². The summed E-state index contributed by atoms with van der Waals surface area (Å²) >= 11 is 0. The Kier molecular flexibility index (Phi) is 2.96. The van der Waals surface area contributed by atoms with Gasteiger partial charge in [0.2, 0.25) is 0 Å². The van der Waals surface area contributed by atoms with Gasteiger partial charge in [-0.25, -0.2) is 0 Å². The summed E-state index contributed by atoms with van der Waals surface area (Å²) in [5.74, 6) is 0.826. The third kappa shape index (κ3) is 2.13. The fraction of sp³-hybridized carbons (Fsp3) is 0.625. The molecular formula is C16H23N. The van der Waals surface area contributed by atoms with Crippen LogP contribution in [0.15, 0.2) is 24.3 Å². The van der Waals surface area contributed by atoms with Gasteiger partial charge in [0.25, 0.3) is 0 Å². The minimum Gasteiger partial charge on any atom is -0.316 e. The standard InChI is InChI=1S/C16H23N/c1-2-13-3-5-14(6-4-13)15-7-9-16(10-8-15)11-17-12-16/h3-6,15,17H,2,7-12H2,1H3. The average Bonchev–Trinajstić information content (AvgIpc) is 2.37. The molecule has 1 heteroatoms. The highest BCUT2D eigenvalue weighted by atomic mass is 15.0. The van der Waals surface area contributed by atoms with Crippen molar-refractivity contribution in [2.24, 2.45) is 5.41 Å². The average molecular weight is 229 g/mol. The van der Waals surface area contributed by atoms with E-state index >= 15 is 0 Å². The molecule has 17 heavy (non-hydrogen) atoms. The van der Waals surface area contributed by atoms with Crippen molar-refractivity contribution < 1.29 is 0 Å². The summed E-state index contributed by atoms with van der Waals surface area (Å²) in [5.41, 5.74) is 3.73. The zero-order valence-electron chi connectivity index (χ0n) is 10.8. The van der Waals surface area contributed by atoms with Crippen molar-refractivity contribution in [3.05, 3.63) is 35.4 Å². The van der Waals surface area contributed by atoms with Crippen LogP contribution in [0, 0.1) is 5.41 Å². The third-order valence-corrected chi connectivity index (χ3v) is 4.91. The number of benzene rings is 1. The monoisotopic (exact) mass is 229 g/mol. The Morgan fingerprint density at radius 2 is 1.76 bits per heavy atom. The van der Waals surface area contributed by atoms with Crippen LogP contribution in [-0.4, -0.2) is 13.1 Å². The number of hydrogen-bond acceptors (Lipinski definition) is 1. The van der Waals surface area contributed by atoms with Gasteiger partial charge >= 0.3 is 0 Å². The van der Waals surface area contributed by atoms with Crippen LogP contribution in [0.4, 0.5) is 0 Å². The van der Waals surface area contributed by atoms with Crippen LogP contribution in [0.5, 0.6) is 0 Å². The Morgan fingerprint density at radius 3 is 2.24 bits per heavy atom. The predicted octanol–water partition coefficient (Wildman–Crippen LogP) is 3.50. The van der Waals surface area contributed by atoms with Crippen molar-refractivity contribution in [3.63, 3.8) is 0 Å². The normalized spacial score (nSPS) is 23.6. The summed E-state index contributed by atoms with van der Waals surface area (Å²) in [4.78, 5) is 0. The molecule has 1 nitrogen and oxygen atoms in total. The lowest BCUT2D eigenvalue weighted by Crippen LogP contribution is -2.54. The first-order valence-corrected chi connectivity index (χ1v) is 7.11. The Labute approximate surface area is 105 Å². The van der Waals surface area contributed by atoms with Gasteiger partial charge in [-0.05, 0) is 54.6 Å². The van der Waals surface area contributed by atoms with Crippen molar-refractivity contribution in [1.82, 2.24) is 5.32 Å². The second kappa shape index (κ2) is 4.45. The maximum atomic E-state index is 3.44. The summed E-state index contributed by atoms with van der Waals surface area (Å²) in [6, 6.07) is 9.34. The Hall–Kier alpha value is -0.820. The van der Waals surface area contributed by atoms with Gasteiger partial charge < -0.3 is 5.32 Å². The molecule has 0 bridgehead atoms. The fourth-order valence-corrected chi connectivity index (χ4v) is 3.42. The molecule has 1 spiro atoms. The van der Waals surface area contributed by atoms with E-state index in [1.165, 1.54) is 44.3 Å². The molecule has 1 aliphatic carbocycles. The molecule has 0 radical (unpaired) electrons. The molecule has 1 N–H and O–H groups in total. The zero-order valence-corrected chi connectivity index (χ0v) is 10.8. The van der Waals surface area contributed by atoms with Crippen LogP contribution in [0.25, 0.3) is 0 Å². The van der Waals surface area contributed by atoms with Gasteiger partial charge in [-0.2, -0.15) is 0 Å². The van der Waals surface area contributed by atoms with Gasteiger partial charge in [-0.15, -0.1) is 0 Å². The van der Waals surface area contributed by atoms with Crippen molar-refractivity contribution in [3.8, 4) is 0 Å². The molecule has 1 aliphatic heterocycles. The fourth-order valence-electron chi connectivity index (χ4n) is 3.42. The third-order valence-electron chi connectivity index (χ3n) is 4.91. The van der Waals surface area contributed by atoms with E-state index in [0.717, 1.165) is 12.3 Å². The molecule has 0 aromatic heterocycles. The molecule has 0 unspecified atom stereocenters. The minimum atomic E-state index is 0.694. The van der Waals surface area contributed by atoms with Crippen molar-refractivity contribution in [2.75, 3.05) is 13.1 Å². The lowest BCUT2D eigenvalue weighted by molar-refractivity contribution is 0.0975. The smallest absolute Gasteiger partial charge is 0.00202 e. The number of nitrogens with one attached hydrogen (secondary N) is 1. The van der Waals surface area contributed by atoms with Crippen LogP contribution < -0.4 is 5.32 Å². The summed E-state index contributed by atoms with van der Waals surface area (Å²) in [7, 11) is 0. The van der Waals surface area contributed by atoms with Crippen LogP contribution in [0.2, 0.25) is 0 Å². The summed E-state index contributed by atoms with van der Waals surface area (Å²) in [5, 5.41) is 3.44. The molecular weight excluding hydrogens is 206 g/mol. The van der Waals surface area contributed by atoms with E-state index in [1.54, 1.807) is 5.56 Å². The van der Waals surface area contributed by atoms with Crippen LogP contribution in [0.1, 0.15) is 49.7 Å². The largest absolute Gasteiger partial charge is 0.316 e. The van der Waals surface area contributed by atoms with Crippen LogP contribution in [0.3, 0.4) is 0 Å². The topological polar surface area (TPSA) is 12.0 Å². The molecule has 0 amide bonds. The lowest BCUT2D eigenvalue weighted by atomic mass is 9.66. The summed E-state index contributed by atoms with van der Waals surface area (Å²) < 4.78 is 0. The van der Waals surface area contributed by atoms with Gasteiger partial charge in [0.05, 0.1) is 0 Å². The molecule has 1 saturated carbocycles. The molecule has 3 rings (SSSR count). The van der Waals surface area contributed by atoms with E-state index in [-0.39, 0.29) is 0 Å². The van der Waals surface area contributed by atoms with Gasteiger partial charge in [0, 0.05) is 13.1 Å². The van der Waals surface area contributed by atoms with E-state index < -0.39 is 0 Å². The van der Waals surface area contributed by atoms with E-state index in [1.807, 2.05) is 0 Å². The van der Waals surface area contributed by atoms with Crippen molar-refractivity contribution in [1.29, 1.82) is 0 Å². The first-order chi connectivity index (χ1) is 8.31. The summed E-state index contributed by atoms with van der Waals surface area (Å²) in [6.45, 7) is 4.77. The van der Waals surface area contributed by atoms with E-state index in [9.17, 15) is 0 Å². The van der Waals surface area contributed by atoms with Gasteiger partial charge in [-0.1, -0.05) is 31.2 Å². The molecule has 92 valence electrons. The lowest BCUT2D eigenvalue weighted by Gasteiger charge is -2.47. The van der Waals surface area contributed by atoms with Gasteiger partial charge in [0.15, 0.2) is 0 Å². The number of rotatable bonds is 2. The number of hydrogen-bond donors (Lipinski definition) is 1. The van der Waals surface area contributed by atoms with Crippen molar-refractivity contribution >= 4 is 0 Å².